The van der Waals surface area contributed by atoms with Crippen LogP contribution in [0.15, 0.2) is 0 Å². The van der Waals surface area contributed by atoms with E-state index in [9.17, 15) is 4.79 Å². The summed E-state index contributed by atoms with van der Waals surface area (Å²) in [6.07, 6.45) is 12.9. The van der Waals surface area contributed by atoms with E-state index in [0.717, 1.165) is 18.3 Å². The molecule has 0 N–H and O–H groups in total. The van der Waals surface area contributed by atoms with Crippen molar-refractivity contribution < 1.29 is 9.22 Å². The molecule has 0 amide bonds. The summed E-state index contributed by atoms with van der Waals surface area (Å²) in [7, 11) is 0.545. The molecule has 18 heavy (non-hydrogen) atoms. The van der Waals surface area contributed by atoms with Gasteiger partial charge in [-0.1, -0.05) is 32.6 Å². The van der Waals surface area contributed by atoms with Crippen molar-refractivity contribution >= 4 is 16.5 Å². The van der Waals surface area contributed by atoms with Gasteiger partial charge in [-0.3, -0.25) is 4.79 Å². The summed E-state index contributed by atoms with van der Waals surface area (Å²) in [5.74, 6) is 1.76. The second-order valence-electron chi connectivity index (χ2n) is 6.54. The molecule has 0 heterocycles. The predicted octanol–water partition coefficient (Wildman–Crippen LogP) is 2.98. The summed E-state index contributed by atoms with van der Waals surface area (Å²) in [6.45, 7) is 2.47. The molecule has 2 fully saturated rings. The molecule has 0 unspecified atom stereocenters. The molecule has 0 spiro atoms. The van der Waals surface area contributed by atoms with Gasteiger partial charge in [0.25, 0.3) is 5.97 Å². The van der Waals surface area contributed by atoms with Crippen LogP contribution in [0.25, 0.3) is 0 Å². The second kappa shape index (κ2) is 6.22. The first-order valence-electron chi connectivity index (χ1n) is 7.73. The average molecular weight is 268 g/mol. The molecule has 2 aliphatic carbocycles. The molecule has 0 aromatic carbocycles. The lowest BCUT2D eigenvalue weighted by Crippen LogP contribution is -2.34. The fraction of sp³-hybridized carbons (Fsp3) is 0.933. The molecular formula is C15H28O2Si. The van der Waals surface area contributed by atoms with Crippen LogP contribution in [-0.4, -0.2) is 16.5 Å². The summed E-state index contributed by atoms with van der Waals surface area (Å²) >= 11 is 0. The Kier molecular flexibility index (Phi) is 4.88. The Morgan fingerprint density at radius 1 is 1.11 bits per heavy atom. The van der Waals surface area contributed by atoms with Gasteiger partial charge in [0.1, 0.15) is 0 Å². The van der Waals surface area contributed by atoms with Crippen molar-refractivity contribution in [1.82, 2.24) is 0 Å². The molecule has 0 aromatic rings. The van der Waals surface area contributed by atoms with Crippen LogP contribution < -0.4 is 0 Å². The standard InChI is InChI=1S/C15H28O2Si/c1-15(11-10-14(16)17-18,12-6-2-3-7-12)13-8-4-5-9-13/h12-13H,2-11H2,1,18H3. The van der Waals surface area contributed by atoms with E-state index in [2.05, 4.69) is 6.92 Å². The topological polar surface area (TPSA) is 26.3 Å². The Morgan fingerprint density at radius 2 is 1.56 bits per heavy atom. The van der Waals surface area contributed by atoms with E-state index in [1.165, 1.54) is 51.4 Å². The highest BCUT2D eigenvalue weighted by atomic mass is 28.2. The lowest BCUT2D eigenvalue weighted by atomic mass is 9.64. The molecule has 2 nitrogen and oxygen atoms in total. The zero-order valence-electron chi connectivity index (χ0n) is 12.0. The maximum absolute atomic E-state index is 11.5. The van der Waals surface area contributed by atoms with E-state index < -0.39 is 0 Å². The van der Waals surface area contributed by atoms with E-state index in [4.69, 9.17) is 4.43 Å². The highest BCUT2D eigenvalue weighted by molar-refractivity contribution is 6.05. The lowest BCUT2D eigenvalue weighted by molar-refractivity contribution is -0.135. The van der Waals surface area contributed by atoms with Crippen LogP contribution in [0.4, 0.5) is 0 Å². The van der Waals surface area contributed by atoms with E-state index in [-0.39, 0.29) is 5.97 Å². The molecule has 0 atom stereocenters. The first kappa shape index (κ1) is 14.1. The van der Waals surface area contributed by atoms with Gasteiger partial charge in [-0.15, -0.1) is 0 Å². The SMILES string of the molecule is CC(CCC(=O)O[SiH3])(C1CCCC1)C1CCCC1. The Balaban J connectivity index is 2.02. The van der Waals surface area contributed by atoms with E-state index >= 15 is 0 Å². The predicted molar refractivity (Wildman–Crippen MR) is 77.3 cm³/mol. The van der Waals surface area contributed by atoms with Crippen LogP contribution in [0.3, 0.4) is 0 Å². The Bertz CT molecular complexity index is 262. The smallest absolute Gasteiger partial charge is 0.291 e. The number of carbonyl (C=O) groups excluding carboxylic acids is 1. The van der Waals surface area contributed by atoms with Crippen LogP contribution in [0.5, 0.6) is 0 Å². The van der Waals surface area contributed by atoms with Crippen molar-refractivity contribution in [3.8, 4) is 0 Å². The molecule has 104 valence electrons. The monoisotopic (exact) mass is 268 g/mol. The number of hydrogen-bond donors (Lipinski definition) is 0. The zero-order valence-corrected chi connectivity index (χ0v) is 14.0. The Hall–Kier alpha value is -0.313. The Labute approximate surface area is 114 Å². The van der Waals surface area contributed by atoms with Crippen LogP contribution >= 0.6 is 0 Å². The van der Waals surface area contributed by atoms with Crippen molar-refractivity contribution in [3.05, 3.63) is 0 Å². The van der Waals surface area contributed by atoms with E-state index in [0.29, 0.717) is 22.3 Å². The molecule has 0 bridgehead atoms. The van der Waals surface area contributed by atoms with Crippen molar-refractivity contribution in [1.29, 1.82) is 0 Å². The normalized spacial score (nSPS) is 22.7. The molecule has 2 saturated carbocycles. The molecule has 2 aliphatic rings. The van der Waals surface area contributed by atoms with Crippen LogP contribution in [0.1, 0.15) is 71.1 Å². The molecule has 0 saturated heterocycles. The molecule has 0 aromatic heterocycles. The van der Waals surface area contributed by atoms with Gasteiger partial charge in [-0.25, -0.2) is 0 Å². The van der Waals surface area contributed by atoms with Crippen LogP contribution in [0, 0.1) is 17.3 Å². The van der Waals surface area contributed by atoms with Gasteiger partial charge in [0, 0.05) is 6.42 Å². The summed E-state index contributed by atoms with van der Waals surface area (Å²) in [5, 5.41) is 0. The van der Waals surface area contributed by atoms with Crippen LogP contribution in [0.2, 0.25) is 0 Å². The van der Waals surface area contributed by atoms with Crippen LogP contribution in [-0.2, 0) is 9.22 Å². The van der Waals surface area contributed by atoms with Gasteiger partial charge >= 0.3 is 0 Å². The second-order valence-corrected chi connectivity index (χ2v) is 6.95. The minimum atomic E-state index is 0.0314. The fourth-order valence-electron chi connectivity index (χ4n) is 4.39. The third-order valence-electron chi connectivity index (χ3n) is 5.67. The molecule has 2 rings (SSSR count). The van der Waals surface area contributed by atoms with Gasteiger partial charge < -0.3 is 4.43 Å². The largest absolute Gasteiger partial charge is 0.529 e. The van der Waals surface area contributed by atoms with E-state index in [1.54, 1.807) is 0 Å². The summed E-state index contributed by atoms with van der Waals surface area (Å²) in [6, 6.07) is 0. The summed E-state index contributed by atoms with van der Waals surface area (Å²) in [4.78, 5) is 11.5. The fourth-order valence-corrected chi connectivity index (χ4v) is 4.59. The van der Waals surface area contributed by atoms with Crippen molar-refractivity contribution in [3.63, 3.8) is 0 Å². The number of rotatable bonds is 5. The third kappa shape index (κ3) is 2.98. The lowest BCUT2D eigenvalue weighted by Gasteiger charge is -2.41. The highest BCUT2D eigenvalue weighted by Crippen LogP contribution is 2.52. The Morgan fingerprint density at radius 3 is 1.94 bits per heavy atom. The minimum absolute atomic E-state index is 0.0314. The summed E-state index contributed by atoms with van der Waals surface area (Å²) in [5.41, 5.74) is 0.406. The minimum Gasteiger partial charge on any atom is -0.529 e. The first-order chi connectivity index (χ1) is 8.66. The van der Waals surface area contributed by atoms with Gasteiger partial charge in [0.05, 0.1) is 0 Å². The summed E-state index contributed by atoms with van der Waals surface area (Å²) < 4.78 is 4.97. The average Bonchev–Trinajstić information content (AvgIpc) is 3.06. The van der Waals surface area contributed by atoms with Gasteiger partial charge in [-0.2, -0.15) is 0 Å². The zero-order chi connectivity index (χ0) is 13.0. The maximum atomic E-state index is 11.5. The number of hydrogen-bond acceptors (Lipinski definition) is 2. The van der Waals surface area contributed by atoms with E-state index in [1.807, 2.05) is 0 Å². The highest BCUT2D eigenvalue weighted by Gasteiger charge is 2.42. The number of carbonyl (C=O) groups is 1. The maximum Gasteiger partial charge on any atom is 0.291 e. The van der Waals surface area contributed by atoms with Gasteiger partial charge in [0.15, 0.2) is 0 Å². The van der Waals surface area contributed by atoms with Crippen molar-refractivity contribution in [2.24, 2.45) is 17.3 Å². The molecule has 0 radical (unpaired) electrons. The first-order valence-corrected chi connectivity index (χ1v) is 8.55. The molecular weight excluding hydrogens is 240 g/mol. The van der Waals surface area contributed by atoms with Crippen molar-refractivity contribution in [2.75, 3.05) is 0 Å². The molecule has 3 heteroatoms. The quantitative estimate of drug-likeness (QED) is 0.717. The van der Waals surface area contributed by atoms with Gasteiger partial charge in [0.2, 0.25) is 10.5 Å². The third-order valence-corrected chi connectivity index (χ3v) is 6.13. The molecule has 0 aliphatic heterocycles. The van der Waals surface area contributed by atoms with Gasteiger partial charge in [-0.05, 0) is 49.4 Å². The van der Waals surface area contributed by atoms with Crippen molar-refractivity contribution in [2.45, 2.75) is 71.1 Å².